The number of carbonyl (C=O) groups excluding carboxylic acids is 1. The van der Waals surface area contributed by atoms with Gasteiger partial charge in [-0.1, -0.05) is 0 Å². The van der Waals surface area contributed by atoms with Crippen molar-refractivity contribution in [1.82, 2.24) is 0 Å². The molecule has 6 heteroatoms. The van der Waals surface area contributed by atoms with Gasteiger partial charge >= 0.3 is 0 Å². The van der Waals surface area contributed by atoms with Crippen LogP contribution < -0.4 is 15.8 Å². The number of nitrogens with one attached hydrogen (secondary N) is 1. The maximum Gasteiger partial charge on any atom is 0.253 e. The van der Waals surface area contributed by atoms with E-state index in [1.165, 1.54) is 7.11 Å². The molecule has 3 N–H and O–H groups in total. The van der Waals surface area contributed by atoms with Crippen LogP contribution in [0, 0.1) is 5.92 Å². The van der Waals surface area contributed by atoms with E-state index in [1.807, 2.05) is 0 Å². The molecule has 0 bridgehead atoms. The molecule has 1 aliphatic rings. The third-order valence-electron chi connectivity index (χ3n) is 3.46. The molecular formula is C15H22N2O4. The second-order valence-corrected chi connectivity index (χ2v) is 5.15. The molecule has 0 radical (unpaired) electrons. The van der Waals surface area contributed by atoms with Crippen LogP contribution in [0.1, 0.15) is 13.3 Å². The third-order valence-corrected chi connectivity index (χ3v) is 3.46. The van der Waals surface area contributed by atoms with Gasteiger partial charge in [0, 0.05) is 24.3 Å². The molecule has 1 fully saturated rings. The molecule has 1 saturated heterocycles. The third kappa shape index (κ3) is 4.34. The molecular weight excluding hydrogens is 272 g/mol. The van der Waals surface area contributed by atoms with Crippen molar-refractivity contribution in [2.24, 2.45) is 5.92 Å². The van der Waals surface area contributed by atoms with Gasteiger partial charge < -0.3 is 25.3 Å². The van der Waals surface area contributed by atoms with Gasteiger partial charge in [0.2, 0.25) is 0 Å². The molecule has 0 spiro atoms. The number of hydrogen-bond acceptors (Lipinski definition) is 5. The average Bonchev–Trinajstić information content (AvgIpc) is 2.99. The van der Waals surface area contributed by atoms with Crippen LogP contribution in [0.15, 0.2) is 18.2 Å². The predicted molar refractivity (Wildman–Crippen MR) is 80.4 cm³/mol. The van der Waals surface area contributed by atoms with E-state index in [4.69, 9.17) is 19.9 Å². The minimum Gasteiger partial charge on any atom is -0.494 e. The SMILES string of the molecule is COc1cc(N)ccc1NC(=O)C(C)OCC1CCOC1. The Balaban J connectivity index is 1.87. The fourth-order valence-electron chi connectivity index (χ4n) is 2.12. The number of nitrogens with two attached hydrogens (primary N) is 1. The molecule has 2 unspecified atom stereocenters. The lowest BCUT2D eigenvalue weighted by Gasteiger charge is -2.17. The molecule has 6 nitrogen and oxygen atoms in total. The van der Waals surface area contributed by atoms with Crippen LogP contribution in [-0.4, -0.2) is 38.9 Å². The molecule has 1 amide bonds. The van der Waals surface area contributed by atoms with Gasteiger partial charge in [-0.15, -0.1) is 0 Å². The molecule has 2 atom stereocenters. The van der Waals surface area contributed by atoms with Gasteiger partial charge in [0.05, 0.1) is 26.0 Å². The first-order valence-electron chi connectivity index (χ1n) is 7.04. The molecule has 0 aliphatic carbocycles. The van der Waals surface area contributed by atoms with Crippen molar-refractivity contribution in [1.29, 1.82) is 0 Å². The Labute approximate surface area is 124 Å². The zero-order chi connectivity index (χ0) is 15.2. The lowest BCUT2D eigenvalue weighted by atomic mass is 10.1. The summed E-state index contributed by atoms with van der Waals surface area (Å²) in [4.78, 5) is 12.1. The van der Waals surface area contributed by atoms with Crippen molar-refractivity contribution in [2.45, 2.75) is 19.4 Å². The smallest absolute Gasteiger partial charge is 0.253 e. The van der Waals surface area contributed by atoms with E-state index in [9.17, 15) is 4.79 Å². The minimum absolute atomic E-state index is 0.211. The van der Waals surface area contributed by atoms with Crippen molar-refractivity contribution in [2.75, 3.05) is 38.0 Å². The lowest BCUT2D eigenvalue weighted by molar-refractivity contribution is -0.127. The van der Waals surface area contributed by atoms with Crippen LogP contribution in [0.2, 0.25) is 0 Å². The first-order valence-corrected chi connectivity index (χ1v) is 7.04. The molecule has 0 aromatic heterocycles. The van der Waals surface area contributed by atoms with Crippen LogP contribution in [0.5, 0.6) is 5.75 Å². The summed E-state index contributed by atoms with van der Waals surface area (Å²) in [6.45, 7) is 3.75. The molecule has 1 aromatic rings. The van der Waals surface area contributed by atoms with Gasteiger partial charge in [-0.3, -0.25) is 4.79 Å². The topological polar surface area (TPSA) is 82.8 Å². The quantitative estimate of drug-likeness (QED) is 0.780. The van der Waals surface area contributed by atoms with Crippen molar-refractivity contribution >= 4 is 17.3 Å². The van der Waals surface area contributed by atoms with E-state index in [2.05, 4.69) is 5.32 Å². The molecule has 1 aromatic carbocycles. The minimum atomic E-state index is -0.534. The highest BCUT2D eigenvalue weighted by atomic mass is 16.5. The van der Waals surface area contributed by atoms with E-state index >= 15 is 0 Å². The Morgan fingerprint density at radius 1 is 1.57 bits per heavy atom. The number of benzene rings is 1. The fraction of sp³-hybridized carbons (Fsp3) is 0.533. The summed E-state index contributed by atoms with van der Waals surface area (Å²) in [7, 11) is 1.53. The normalized spacial score (nSPS) is 19.2. The Bertz CT molecular complexity index is 487. The van der Waals surface area contributed by atoms with Crippen LogP contribution in [-0.2, 0) is 14.3 Å². The number of ether oxygens (including phenoxy) is 3. The van der Waals surface area contributed by atoms with Crippen molar-refractivity contribution in [3.63, 3.8) is 0 Å². The lowest BCUT2D eigenvalue weighted by Crippen LogP contribution is -2.29. The molecule has 1 heterocycles. The van der Waals surface area contributed by atoms with Crippen LogP contribution >= 0.6 is 0 Å². The molecule has 21 heavy (non-hydrogen) atoms. The number of amides is 1. The number of nitrogen functional groups attached to an aromatic ring is 1. The molecule has 1 aliphatic heterocycles. The Morgan fingerprint density at radius 3 is 3.05 bits per heavy atom. The Hall–Kier alpha value is -1.79. The van der Waals surface area contributed by atoms with Gasteiger partial charge in [-0.05, 0) is 25.5 Å². The predicted octanol–water partition coefficient (Wildman–Crippen LogP) is 1.66. The van der Waals surface area contributed by atoms with E-state index in [0.29, 0.717) is 36.3 Å². The van der Waals surface area contributed by atoms with Crippen molar-refractivity contribution in [3.05, 3.63) is 18.2 Å². The Kier molecular flexibility index (Phi) is 5.41. The fourth-order valence-corrected chi connectivity index (χ4v) is 2.12. The second-order valence-electron chi connectivity index (χ2n) is 5.15. The van der Waals surface area contributed by atoms with E-state index < -0.39 is 6.10 Å². The molecule has 0 saturated carbocycles. The molecule has 2 rings (SSSR count). The highest BCUT2D eigenvalue weighted by Gasteiger charge is 2.20. The van der Waals surface area contributed by atoms with Gasteiger partial charge in [-0.25, -0.2) is 0 Å². The van der Waals surface area contributed by atoms with Crippen LogP contribution in [0.25, 0.3) is 0 Å². The first-order chi connectivity index (χ1) is 10.1. The number of anilines is 2. The number of methoxy groups -OCH3 is 1. The summed E-state index contributed by atoms with van der Waals surface area (Å²) in [6, 6.07) is 5.08. The van der Waals surface area contributed by atoms with Crippen LogP contribution in [0.3, 0.4) is 0 Å². The second kappa shape index (κ2) is 7.28. The van der Waals surface area contributed by atoms with Gasteiger partial charge in [0.1, 0.15) is 11.9 Å². The summed E-state index contributed by atoms with van der Waals surface area (Å²) in [6.07, 6.45) is 0.452. The summed E-state index contributed by atoms with van der Waals surface area (Å²) < 4.78 is 16.1. The average molecular weight is 294 g/mol. The largest absolute Gasteiger partial charge is 0.494 e. The van der Waals surface area contributed by atoms with Crippen LogP contribution in [0.4, 0.5) is 11.4 Å². The molecule has 116 valence electrons. The van der Waals surface area contributed by atoms with Gasteiger partial charge in [0.15, 0.2) is 0 Å². The zero-order valence-corrected chi connectivity index (χ0v) is 12.4. The zero-order valence-electron chi connectivity index (χ0n) is 12.4. The number of carbonyl (C=O) groups is 1. The van der Waals surface area contributed by atoms with Crippen molar-refractivity contribution < 1.29 is 19.0 Å². The highest BCUT2D eigenvalue weighted by molar-refractivity contribution is 5.95. The Morgan fingerprint density at radius 2 is 2.38 bits per heavy atom. The summed E-state index contributed by atoms with van der Waals surface area (Å²) in [5, 5.41) is 2.79. The van der Waals surface area contributed by atoms with E-state index in [1.54, 1.807) is 25.1 Å². The standard InChI is InChI=1S/C15H22N2O4/c1-10(21-9-11-5-6-20-8-11)15(18)17-13-4-3-12(16)7-14(13)19-2/h3-4,7,10-11H,5-6,8-9,16H2,1-2H3,(H,17,18). The number of hydrogen-bond donors (Lipinski definition) is 2. The highest BCUT2D eigenvalue weighted by Crippen LogP contribution is 2.26. The van der Waals surface area contributed by atoms with Gasteiger partial charge in [-0.2, -0.15) is 0 Å². The van der Waals surface area contributed by atoms with E-state index in [-0.39, 0.29) is 5.91 Å². The number of rotatable bonds is 6. The maximum atomic E-state index is 12.1. The van der Waals surface area contributed by atoms with Crippen molar-refractivity contribution in [3.8, 4) is 5.75 Å². The maximum absolute atomic E-state index is 12.1. The monoisotopic (exact) mass is 294 g/mol. The van der Waals surface area contributed by atoms with E-state index in [0.717, 1.165) is 13.0 Å². The summed E-state index contributed by atoms with van der Waals surface area (Å²) >= 11 is 0. The van der Waals surface area contributed by atoms with Gasteiger partial charge in [0.25, 0.3) is 5.91 Å². The summed E-state index contributed by atoms with van der Waals surface area (Å²) in [5.74, 6) is 0.697. The first kappa shape index (κ1) is 15.6. The summed E-state index contributed by atoms with van der Waals surface area (Å²) in [5.41, 5.74) is 6.84.